The van der Waals surface area contributed by atoms with Crippen molar-refractivity contribution >= 4 is 0 Å². The average molecular weight is 267 g/mol. The standard InChI is InChI=1S/C14H12F3NO/c1-19-14-3-2-8(4-9(14)7-18)10-5-12(16)13(17)6-11(10)15/h2-6H,7,18H2,1H3. The van der Waals surface area contributed by atoms with E-state index in [4.69, 9.17) is 10.5 Å². The highest BCUT2D eigenvalue weighted by Crippen LogP contribution is 2.29. The lowest BCUT2D eigenvalue weighted by molar-refractivity contribution is 0.410. The Hall–Kier alpha value is -2.01. The first-order valence-electron chi connectivity index (χ1n) is 5.58. The van der Waals surface area contributed by atoms with Gasteiger partial charge in [0.2, 0.25) is 0 Å². The molecule has 0 aliphatic rings. The summed E-state index contributed by atoms with van der Waals surface area (Å²) in [7, 11) is 1.49. The molecule has 0 radical (unpaired) electrons. The minimum Gasteiger partial charge on any atom is -0.496 e. The predicted octanol–water partition coefficient (Wildman–Crippen LogP) is 3.24. The van der Waals surface area contributed by atoms with Crippen LogP contribution in [0.5, 0.6) is 5.75 Å². The van der Waals surface area contributed by atoms with Gasteiger partial charge in [-0.2, -0.15) is 0 Å². The van der Waals surface area contributed by atoms with Gasteiger partial charge in [0.05, 0.1) is 7.11 Å². The highest BCUT2D eigenvalue weighted by Gasteiger charge is 2.13. The minimum atomic E-state index is -1.21. The molecule has 0 amide bonds. The van der Waals surface area contributed by atoms with Crippen LogP contribution in [0.15, 0.2) is 30.3 Å². The summed E-state index contributed by atoms with van der Waals surface area (Å²) in [4.78, 5) is 0. The Kier molecular flexibility index (Phi) is 3.76. The van der Waals surface area contributed by atoms with E-state index in [1.54, 1.807) is 18.2 Å². The molecule has 2 N–H and O–H groups in total. The van der Waals surface area contributed by atoms with E-state index in [-0.39, 0.29) is 12.1 Å². The van der Waals surface area contributed by atoms with Crippen LogP contribution in [0.2, 0.25) is 0 Å². The molecule has 0 spiro atoms. The third kappa shape index (κ3) is 2.56. The molecule has 2 aromatic rings. The first kappa shape index (κ1) is 13.4. The molecule has 0 saturated carbocycles. The Bertz CT molecular complexity index is 614. The molecule has 0 fully saturated rings. The average Bonchev–Trinajstić information content (AvgIpc) is 2.42. The van der Waals surface area contributed by atoms with E-state index in [1.165, 1.54) is 7.11 Å². The fraction of sp³-hybridized carbons (Fsp3) is 0.143. The molecule has 100 valence electrons. The third-order valence-electron chi connectivity index (χ3n) is 2.82. The zero-order chi connectivity index (χ0) is 14.0. The number of rotatable bonds is 3. The molecule has 0 aliphatic heterocycles. The van der Waals surface area contributed by atoms with Gasteiger partial charge < -0.3 is 10.5 Å². The summed E-state index contributed by atoms with van der Waals surface area (Å²) in [6.07, 6.45) is 0. The third-order valence-corrected chi connectivity index (χ3v) is 2.82. The smallest absolute Gasteiger partial charge is 0.161 e. The fourth-order valence-corrected chi connectivity index (χ4v) is 1.85. The molecule has 2 nitrogen and oxygen atoms in total. The number of hydrogen-bond donors (Lipinski definition) is 1. The molecular weight excluding hydrogens is 255 g/mol. The number of benzene rings is 2. The summed E-state index contributed by atoms with van der Waals surface area (Å²) in [6.45, 7) is 0.197. The van der Waals surface area contributed by atoms with Crippen LogP contribution in [0.1, 0.15) is 5.56 Å². The molecule has 19 heavy (non-hydrogen) atoms. The number of nitrogens with two attached hydrogens (primary N) is 1. The van der Waals surface area contributed by atoms with Crippen LogP contribution >= 0.6 is 0 Å². The van der Waals surface area contributed by atoms with E-state index in [1.807, 2.05) is 0 Å². The van der Waals surface area contributed by atoms with Crippen LogP contribution in [0.3, 0.4) is 0 Å². The molecule has 0 bridgehead atoms. The van der Waals surface area contributed by atoms with E-state index in [0.29, 0.717) is 22.9 Å². The lowest BCUT2D eigenvalue weighted by Crippen LogP contribution is -2.00. The topological polar surface area (TPSA) is 35.2 Å². The first-order valence-corrected chi connectivity index (χ1v) is 5.58. The van der Waals surface area contributed by atoms with Gasteiger partial charge in [0.1, 0.15) is 11.6 Å². The van der Waals surface area contributed by atoms with Gasteiger partial charge >= 0.3 is 0 Å². The van der Waals surface area contributed by atoms with Crippen molar-refractivity contribution in [2.45, 2.75) is 6.54 Å². The Morgan fingerprint density at radius 2 is 1.68 bits per heavy atom. The van der Waals surface area contributed by atoms with Crippen molar-refractivity contribution in [2.24, 2.45) is 5.73 Å². The molecule has 0 atom stereocenters. The number of hydrogen-bond acceptors (Lipinski definition) is 2. The number of ether oxygens (including phenoxy) is 1. The van der Waals surface area contributed by atoms with Gasteiger partial charge in [0.15, 0.2) is 11.6 Å². The molecule has 2 aromatic carbocycles. The normalized spacial score (nSPS) is 10.6. The molecule has 0 heterocycles. The Morgan fingerprint density at radius 1 is 1.00 bits per heavy atom. The first-order chi connectivity index (χ1) is 9.06. The number of methoxy groups -OCH3 is 1. The van der Waals surface area contributed by atoms with Crippen molar-refractivity contribution < 1.29 is 17.9 Å². The van der Waals surface area contributed by atoms with E-state index < -0.39 is 17.5 Å². The van der Waals surface area contributed by atoms with Crippen molar-refractivity contribution in [3.8, 4) is 16.9 Å². The van der Waals surface area contributed by atoms with Crippen molar-refractivity contribution in [3.63, 3.8) is 0 Å². The van der Waals surface area contributed by atoms with Gasteiger partial charge in [-0.05, 0) is 23.8 Å². The predicted molar refractivity (Wildman–Crippen MR) is 66.2 cm³/mol. The van der Waals surface area contributed by atoms with Crippen LogP contribution in [-0.2, 0) is 6.54 Å². The Morgan fingerprint density at radius 3 is 2.32 bits per heavy atom. The van der Waals surface area contributed by atoms with Crippen LogP contribution in [0.25, 0.3) is 11.1 Å². The lowest BCUT2D eigenvalue weighted by atomic mass is 10.0. The number of halogens is 3. The second-order valence-corrected chi connectivity index (χ2v) is 3.98. The molecule has 0 unspecified atom stereocenters. The second-order valence-electron chi connectivity index (χ2n) is 3.98. The zero-order valence-electron chi connectivity index (χ0n) is 10.2. The summed E-state index contributed by atoms with van der Waals surface area (Å²) in [5, 5.41) is 0. The molecule has 0 aromatic heterocycles. The monoisotopic (exact) mass is 267 g/mol. The van der Waals surface area contributed by atoms with E-state index in [0.717, 1.165) is 6.07 Å². The van der Waals surface area contributed by atoms with Gasteiger partial charge in [-0.15, -0.1) is 0 Å². The maximum absolute atomic E-state index is 13.7. The summed E-state index contributed by atoms with van der Waals surface area (Å²) < 4.78 is 44.8. The largest absolute Gasteiger partial charge is 0.496 e. The van der Waals surface area contributed by atoms with Gasteiger partial charge in [-0.1, -0.05) is 6.07 Å². The van der Waals surface area contributed by atoms with Gasteiger partial charge in [-0.3, -0.25) is 0 Å². The van der Waals surface area contributed by atoms with Gasteiger partial charge in [0.25, 0.3) is 0 Å². The molecule has 0 saturated heterocycles. The molecule has 2 rings (SSSR count). The summed E-state index contributed by atoms with van der Waals surface area (Å²) in [5.74, 6) is -2.57. The Balaban J connectivity index is 2.56. The van der Waals surface area contributed by atoms with Gasteiger partial charge in [-0.25, -0.2) is 13.2 Å². The maximum atomic E-state index is 13.7. The van der Waals surface area contributed by atoms with Crippen molar-refractivity contribution in [3.05, 3.63) is 53.3 Å². The van der Waals surface area contributed by atoms with E-state index in [9.17, 15) is 13.2 Å². The van der Waals surface area contributed by atoms with Crippen molar-refractivity contribution in [1.29, 1.82) is 0 Å². The lowest BCUT2D eigenvalue weighted by Gasteiger charge is -2.10. The van der Waals surface area contributed by atoms with Crippen LogP contribution < -0.4 is 10.5 Å². The van der Waals surface area contributed by atoms with E-state index in [2.05, 4.69) is 0 Å². The SMILES string of the molecule is COc1ccc(-c2cc(F)c(F)cc2F)cc1CN. The van der Waals surface area contributed by atoms with Crippen LogP contribution in [0, 0.1) is 17.5 Å². The van der Waals surface area contributed by atoms with Gasteiger partial charge in [0, 0.05) is 23.7 Å². The van der Waals surface area contributed by atoms with E-state index >= 15 is 0 Å². The van der Waals surface area contributed by atoms with Crippen molar-refractivity contribution in [2.75, 3.05) is 7.11 Å². The quantitative estimate of drug-likeness (QED) is 0.866. The highest BCUT2D eigenvalue weighted by atomic mass is 19.2. The summed E-state index contributed by atoms with van der Waals surface area (Å²) >= 11 is 0. The second kappa shape index (κ2) is 5.32. The summed E-state index contributed by atoms with van der Waals surface area (Å²) in [5.41, 5.74) is 6.61. The van der Waals surface area contributed by atoms with Crippen molar-refractivity contribution in [1.82, 2.24) is 0 Å². The van der Waals surface area contributed by atoms with Crippen LogP contribution in [-0.4, -0.2) is 7.11 Å². The zero-order valence-corrected chi connectivity index (χ0v) is 10.2. The highest BCUT2D eigenvalue weighted by molar-refractivity contribution is 5.66. The maximum Gasteiger partial charge on any atom is 0.161 e. The molecule has 0 aliphatic carbocycles. The minimum absolute atomic E-state index is 0.0174. The molecular formula is C14H12F3NO. The molecule has 5 heteroatoms. The summed E-state index contributed by atoms with van der Waals surface area (Å²) in [6, 6.07) is 6.12. The Labute approximate surface area is 108 Å². The fourth-order valence-electron chi connectivity index (χ4n) is 1.85. The van der Waals surface area contributed by atoms with Crippen LogP contribution in [0.4, 0.5) is 13.2 Å².